The van der Waals surface area contributed by atoms with Crippen molar-refractivity contribution in [2.24, 2.45) is 0 Å². The number of benzene rings is 1. The molecule has 11 heteroatoms. The standard InChI is InChI=1S/C36H37FN8O2/c37-27-13-24(14-28(17-27)46-11-9-44-5-1-2-6-44)32-22-39-23-34-30(32)18-33(41-34)35-31-16-26(20-40-36(31)43-42-35)25-15-29(21-38-19-25)47-12-10-45-7-3-4-8-45/h13-23,41H,1-12H2,(H,40,42,43). The van der Waals surface area contributed by atoms with E-state index in [0.29, 0.717) is 30.2 Å². The number of H-pyrrole nitrogens is 2. The van der Waals surface area contributed by atoms with Gasteiger partial charge in [0.2, 0.25) is 0 Å². The maximum atomic E-state index is 14.8. The molecule has 0 atom stereocenters. The van der Waals surface area contributed by atoms with Gasteiger partial charge in [0.1, 0.15) is 30.5 Å². The number of rotatable bonds is 11. The predicted molar refractivity (Wildman–Crippen MR) is 180 cm³/mol. The van der Waals surface area contributed by atoms with Crippen molar-refractivity contribution in [2.45, 2.75) is 25.7 Å². The highest BCUT2D eigenvalue weighted by Crippen LogP contribution is 2.36. The van der Waals surface area contributed by atoms with Crippen LogP contribution in [0.25, 0.3) is 55.6 Å². The van der Waals surface area contributed by atoms with E-state index < -0.39 is 0 Å². The number of nitrogens with one attached hydrogen (secondary N) is 2. The fourth-order valence-corrected chi connectivity index (χ4v) is 6.73. The zero-order valence-electron chi connectivity index (χ0n) is 26.2. The molecule has 2 aliphatic heterocycles. The molecule has 1 aromatic carbocycles. The van der Waals surface area contributed by atoms with Crippen molar-refractivity contribution in [3.05, 3.63) is 73.2 Å². The lowest BCUT2D eigenvalue weighted by Crippen LogP contribution is -2.25. The Bertz CT molecular complexity index is 2010. The van der Waals surface area contributed by atoms with Gasteiger partial charge in [-0.25, -0.2) is 9.37 Å². The van der Waals surface area contributed by atoms with Crippen molar-refractivity contribution >= 4 is 21.9 Å². The van der Waals surface area contributed by atoms with Gasteiger partial charge in [-0.1, -0.05) is 0 Å². The number of ether oxygens (including phenoxy) is 2. The third-order valence-electron chi connectivity index (χ3n) is 9.20. The zero-order chi connectivity index (χ0) is 31.6. The molecule has 0 aliphatic carbocycles. The summed E-state index contributed by atoms with van der Waals surface area (Å²) in [7, 11) is 0. The van der Waals surface area contributed by atoms with Crippen molar-refractivity contribution in [1.82, 2.24) is 39.9 Å². The van der Waals surface area contributed by atoms with Crippen LogP contribution in [0.1, 0.15) is 25.7 Å². The molecule has 0 radical (unpaired) electrons. The summed E-state index contributed by atoms with van der Waals surface area (Å²) in [6.45, 7) is 7.41. The van der Waals surface area contributed by atoms with Crippen LogP contribution in [0, 0.1) is 5.82 Å². The molecule has 0 spiro atoms. The van der Waals surface area contributed by atoms with Gasteiger partial charge < -0.3 is 14.5 Å². The van der Waals surface area contributed by atoms with Crippen molar-refractivity contribution in [1.29, 1.82) is 0 Å². The third-order valence-corrected chi connectivity index (χ3v) is 9.20. The largest absolute Gasteiger partial charge is 0.492 e. The fourth-order valence-electron chi connectivity index (χ4n) is 6.73. The molecule has 0 saturated carbocycles. The normalized spacial score (nSPS) is 15.7. The number of hydrogen-bond acceptors (Lipinski definition) is 8. The van der Waals surface area contributed by atoms with Gasteiger partial charge in [-0.3, -0.25) is 24.9 Å². The van der Waals surface area contributed by atoms with Gasteiger partial charge in [-0.2, -0.15) is 5.10 Å². The van der Waals surface area contributed by atoms with E-state index in [9.17, 15) is 4.39 Å². The first-order chi connectivity index (χ1) is 23.2. The second kappa shape index (κ2) is 13.1. The number of nitrogens with zero attached hydrogens (tertiary/aromatic N) is 6. The molecule has 2 aliphatic rings. The summed E-state index contributed by atoms with van der Waals surface area (Å²) in [6, 6.07) is 11.0. The SMILES string of the molecule is Fc1cc(OCCN2CCCC2)cc(-c2cncc3[nH]c(-c4[nH]nc5ncc(-c6cncc(OCCN7CCCC7)c6)cc45)cc23)c1. The summed E-state index contributed by atoms with van der Waals surface area (Å²) in [5, 5.41) is 9.42. The average Bonchev–Trinajstić information content (AvgIpc) is 3.91. The summed E-state index contributed by atoms with van der Waals surface area (Å²) in [6.07, 6.45) is 13.9. The Labute approximate surface area is 272 Å². The summed E-state index contributed by atoms with van der Waals surface area (Å²) in [5.74, 6) is 0.906. The number of halogens is 1. The van der Waals surface area contributed by atoms with Crippen LogP contribution in [-0.4, -0.2) is 92.4 Å². The molecule has 2 N–H and O–H groups in total. The molecule has 7 heterocycles. The molecule has 0 bridgehead atoms. The summed E-state index contributed by atoms with van der Waals surface area (Å²) < 4.78 is 26.9. The highest BCUT2D eigenvalue weighted by molar-refractivity contribution is 6.00. The van der Waals surface area contributed by atoms with E-state index >= 15 is 0 Å². The number of aromatic nitrogens is 6. The van der Waals surface area contributed by atoms with Crippen LogP contribution >= 0.6 is 0 Å². The molecule has 5 aromatic heterocycles. The van der Waals surface area contributed by atoms with E-state index in [1.807, 2.05) is 24.4 Å². The maximum Gasteiger partial charge on any atom is 0.181 e. The quantitative estimate of drug-likeness (QED) is 0.171. The molecule has 0 unspecified atom stereocenters. The first kappa shape index (κ1) is 29.5. The number of pyridine rings is 3. The Kier molecular flexibility index (Phi) is 8.22. The van der Waals surface area contributed by atoms with E-state index in [4.69, 9.17) is 9.47 Å². The van der Waals surface area contributed by atoms with Crippen LogP contribution in [0.5, 0.6) is 11.5 Å². The van der Waals surface area contributed by atoms with Crippen molar-refractivity contribution in [2.75, 3.05) is 52.5 Å². The van der Waals surface area contributed by atoms with Gasteiger partial charge >= 0.3 is 0 Å². The minimum absolute atomic E-state index is 0.347. The first-order valence-corrected chi connectivity index (χ1v) is 16.4. The lowest BCUT2D eigenvalue weighted by molar-refractivity contribution is 0.237. The molecule has 6 aromatic rings. The second-order valence-electron chi connectivity index (χ2n) is 12.4. The van der Waals surface area contributed by atoms with Gasteiger partial charge in [-0.15, -0.1) is 0 Å². The van der Waals surface area contributed by atoms with Crippen LogP contribution in [0.2, 0.25) is 0 Å². The highest BCUT2D eigenvalue weighted by atomic mass is 19.1. The van der Waals surface area contributed by atoms with E-state index in [-0.39, 0.29) is 5.82 Å². The number of aromatic amines is 2. The fraction of sp³-hybridized carbons (Fsp3) is 0.333. The number of likely N-dealkylation sites (tertiary alicyclic amines) is 2. The van der Waals surface area contributed by atoms with Gasteiger partial charge in [0, 0.05) is 65.2 Å². The van der Waals surface area contributed by atoms with Crippen LogP contribution in [-0.2, 0) is 0 Å². The number of hydrogen-bond donors (Lipinski definition) is 2. The molecular weight excluding hydrogens is 595 g/mol. The van der Waals surface area contributed by atoms with E-state index in [1.165, 1.54) is 37.8 Å². The lowest BCUT2D eigenvalue weighted by Gasteiger charge is -2.15. The molecule has 240 valence electrons. The Morgan fingerprint density at radius 3 is 2.17 bits per heavy atom. The molecule has 8 rings (SSSR count). The average molecular weight is 633 g/mol. The van der Waals surface area contributed by atoms with Gasteiger partial charge in [0.15, 0.2) is 5.65 Å². The third kappa shape index (κ3) is 6.41. The highest BCUT2D eigenvalue weighted by Gasteiger charge is 2.17. The Balaban J connectivity index is 1.05. The zero-order valence-corrected chi connectivity index (χ0v) is 26.2. The molecule has 2 fully saturated rings. The van der Waals surface area contributed by atoms with E-state index in [1.54, 1.807) is 24.8 Å². The molecule has 47 heavy (non-hydrogen) atoms. The van der Waals surface area contributed by atoms with Gasteiger partial charge in [0.05, 0.1) is 29.3 Å². The topological polar surface area (TPSA) is 108 Å². The Hall–Kier alpha value is -4.87. The van der Waals surface area contributed by atoms with Gasteiger partial charge in [0.25, 0.3) is 0 Å². The maximum absolute atomic E-state index is 14.8. The summed E-state index contributed by atoms with van der Waals surface area (Å²) >= 11 is 0. The Morgan fingerprint density at radius 1 is 0.681 bits per heavy atom. The number of fused-ring (bicyclic) bond motifs is 2. The molecule has 10 nitrogen and oxygen atoms in total. The van der Waals surface area contributed by atoms with E-state index in [0.717, 1.165) is 89.4 Å². The first-order valence-electron chi connectivity index (χ1n) is 16.4. The lowest BCUT2D eigenvalue weighted by atomic mass is 10.0. The van der Waals surface area contributed by atoms with Crippen LogP contribution in [0.15, 0.2) is 67.4 Å². The minimum atomic E-state index is -0.347. The monoisotopic (exact) mass is 632 g/mol. The van der Waals surface area contributed by atoms with Crippen molar-refractivity contribution in [3.8, 4) is 45.1 Å². The summed E-state index contributed by atoms with van der Waals surface area (Å²) in [4.78, 5) is 21.8. The van der Waals surface area contributed by atoms with Gasteiger partial charge in [-0.05, 0) is 87.8 Å². The van der Waals surface area contributed by atoms with Crippen LogP contribution in [0.4, 0.5) is 4.39 Å². The molecule has 2 saturated heterocycles. The van der Waals surface area contributed by atoms with E-state index in [2.05, 4.69) is 46.0 Å². The van der Waals surface area contributed by atoms with Crippen LogP contribution < -0.4 is 9.47 Å². The Morgan fingerprint density at radius 2 is 1.38 bits per heavy atom. The second-order valence-corrected chi connectivity index (χ2v) is 12.4. The summed E-state index contributed by atoms with van der Waals surface area (Å²) in [5.41, 5.74) is 6.40. The van der Waals surface area contributed by atoms with Crippen molar-refractivity contribution in [3.63, 3.8) is 0 Å². The molecule has 0 amide bonds. The van der Waals surface area contributed by atoms with Crippen LogP contribution in [0.3, 0.4) is 0 Å². The minimum Gasteiger partial charge on any atom is -0.492 e. The predicted octanol–water partition coefficient (Wildman–Crippen LogP) is 6.32. The smallest absolute Gasteiger partial charge is 0.181 e. The van der Waals surface area contributed by atoms with Crippen molar-refractivity contribution < 1.29 is 13.9 Å². The molecular formula is C36H37FN8O2.